The number of hydrogen-bond donors (Lipinski definition) is 0. The molecule has 3 nitrogen and oxygen atoms in total. The molecular formula is C22H26N2O. The van der Waals surface area contributed by atoms with Crippen LogP contribution in [0.4, 0.5) is 0 Å². The van der Waals surface area contributed by atoms with Crippen LogP contribution >= 0.6 is 0 Å². The Kier molecular flexibility index (Phi) is 4.93. The fourth-order valence-electron chi connectivity index (χ4n) is 4.04. The number of carbonyl (C=O) groups is 1. The minimum atomic E-state index is 0.262. The molecule has 2 aliphatic rings. The van der Waals surface area contributed by atoms with Crippen molar-refractivity contribution < 1.29 is 4.79 Å². The zero-order valence-corrected chi connectivity index (χ0v) is 14.8. The normalized spacial score (nSPS) is 18.2. The van der Waals surface area contributed by atoms with E-state index in [9.17, 15) is 4.79 Å². The number of nitrogens with zero attached hydrogens (tertiary/aromatic N) is 2. The first-order chi connectivity index (χ1) is 12.3. The zero-order valence-electron chi connectivity index (χ0n) is 14.8. The lowest BCUT2D eigenvalue weighted by molar-refractivity contribution is -0.117. The zero-order chi connectivity index (χ0) is 17.1. The summed E-state index contributed by atoms with van der Waals surface area (Å²) in [6.45, 7) is 2.36. The predicted octanol–water partition coefficient (Wildman–Crippen LogP) is 3.39. The van der Waals surface area contributed by atoms with E-state index in [0.717, 1.165) is 30.0 Å². The van der Waals surface area contributed by atoms with E-state index in [2.05, 4.69) is 28.1 Å². The summed E-state index contributed by atoms with van der Waals surface area (Å²) in [5.74, 6) is 0.262. The van der Waals surface area contributed by atoms with Gasteiger partial charge in [0.05, 0.1) is 0 Å². The number of aromatic nitrogens is 1. The Labute approximate surface area is 150 Å². The number of Topliss-reactive ketones (excluding diaryl/α,β-unsaturated/α-hetero) is 1. The summed E-state index contributed by atoms with van der Waals surface area (Å²) in [7, 11) is 0. The number of carbonyl (C=O) groups excluding carboxylic acids is 1. The second-order valence-corrected chi connectivity index (χ2v) is 7.48. The lowest BCUT2D eigenvalue weighted by Crippen LogP contribution is -2.41. The van der Waals surface area contributed by atoms with Crippen molar-refractivity contribution in [2.45, 2.75) is 51.0 Å². The quantitative estimate of drug-likeness (QED) is 0.840. The highest BCUT2D eigenvalue weighted by molar-refractivity contribution is 5.83. The average Bonchev–Trinajstić information content (AvgIpc) is 2.77. The molecule has 2 aromatic rings. The highest BCUT2D eigenvalue weighted by Crippen LogP contribution is 2.27. The van der Waals surface area contributed by atoms with E-state index in [1.54, 1.807) is 12.4 Å². The third-order valence-electron chi connectivity index (χ3n) is 5.72. The Morgan fingerprint density at radius 1 is 1.04 bits per heavy atom. The summed E-state index contributed by atoms with van der Waals surface area (Å²) < 4.78 is 0. The number of rotatable bonds is 5. The maximum Gasteiger partial charge on any atom is 0.141 e. The summed E-state index contributed by atoms with van der Waals surface area (Å²) in [4.78, 5) is 19.1. The SMILES string of the molecule is O=C(Cc1cccnc1)Cc1ccc2c(c1)CCN(C1CCC1)CC2. The van der Waals surface area contributed by atoms with Crippen molar-refractivity contribution in [2.24, 2.45) is 0 Å². The number of fused-ring (bicyclic) bond motifs is 1. The summed E-state index contributed by atoms with van der Waals surface area (Å²) in [5.41, 5.74) is 5.09. The number of ketones is 1. The van der Waals surface area contributed by atoms with Crippen molar-refractivity contribution in [3.05, 3.63) is 65.0 Å². The Bertz CT molecular complexity index is 737. The lowest BCUT2D eigenvalue weighted by Gasteiger charge is -2.36. The first-order valence-corrected chi connectivity index (χ1v) is 9.53. The van der Waals surface area contributed by atoms with Crippen molar-refractivity contribution in [1.82, 2.24) is 9.88 Å². The molecule has 1 aliphatic carbocycles. The van der Waals surface area contributed by atoms with Gasteiger partial charge in [0, 0.05) is 44.4 Å². The third kappa shape index (κ3) is 3.98. The maximum absolute atomic E-state index is 12.4. The van der Waals surface area contributed by atoms with E-state index in [-0.39, 0.29) is 5.78 Å². The largest absolute Gasteiger partial charge is 0.300 e. The van der Waals surface area contributed by atoms with Crippen molar-refractivity contribution in [2.75, 3.05) is 13.1 Å². The molecule has 25 heavy (non-hydrogen) atoms. The van der Waals surface area contributed by atoms with E-state index >= 15 is 0 Å². The second kappa shape index (κ2) is 7.49. The fraction of sp³-hybridized carbons (Fsp3) is 0.455. The molecule has 0 spiro atoms. The smallest absolute Gasteiger partial charge is 0.141 e. The van der Waals surface area contributed by atoms with Gasteiger partial charge in [-0.1, -0.05) is 30.7 Å². The van der Waals surface area contributed by atoms with Crippen LogP contribution in [0.15, 0.2) is 42.7 Å². The maximum atomic E-state index is 12.4. The summed E-state index contributed by atoms with van der Waals surface area (Å²) >= 11 is 0. The van der Waals surface area contributed by atoms with Crippen LogP contribution in [0.1, 0.15) is 41.5 Å². The van der Waals surface area contributed by atoms with Crippen LogP contribution < -0.4 is 0 Å². The van der Waals surface area contributed by atoms with Crippen molar-refractivity contribution in [1.29, 1.82) is 0 Å². The molecule has 2 heterocycles. The van der Waals surface area contributed by atoms with Gasteiger partial charge >= 0.3 is 0 Å². The van der Waals surface area contributed by atoms with Crippen LogP contribution in [0.25, 0.3) is 0 Å². The van der Waals surface area contributed by atoms with Gasteiger partial charge in [-0.25, -0.2) is 0 Å². The topological polar surface area (TPSA) is 33.2 Å². The highest BCUT2D eigenvalue weighted by atomic mass is 16.1. The molecule has 0 atom stereocenters. The molecule has 0 radical (unpaired) electrons. The summed E-state index contributed by atoms with van der Waals surface area (Å²) in [5, 5.41) is 0. The monoisotopic (exact) mass is 334 g/mol. The molecule has 0 saturated heterocycles. The number of pyridine rings is 1. The van der Waals surface area contributed by atoms with Crippen LogP contribution in [0.2, 0.25) is 0 Å². The Morgan fingerprint density at radius 2 is 1.84 bits per heavy atom. The lowest BCUT2D eigenvalue weighted by atomic mass is 9.91. The van der Waals surface area contributed by atoms with Gasteiger partial charge in [0.1, 0.15) is 5.78 Å². The predicted molar refractivity (Wildman–Crippen MR) is 99.7 cm³/mol. The minimum Gasteiger partial charge on any atom is -0.300 e. The molecule has 130 valence electrons. The molecule has 1 aliphatic heterocycles. The molecule has 1 aromatic carbocycles. The summed E-state index contributed by atoms with van der Waals surface area (Å²) in [6, 6.07) is 11.4. The van der Waals surface area contributed by atoms with Crippen LogP contribution in [0.5, 0.6) is 0 Å². The Morgan fingerprint density at radius 3 is 2.56 bits per heavy atom. The molecule has 3 heteroatoms. The number of benzene rings is 1. The van der Waals surface area contributed by atoms with Crippen LogP contribution in [-0.2, 0) is 30.5 Å². The second-order valence-electron chi connectivity index (χ2n) is 7.48. The van der Waals surface area contributed by atoms with Crippen LogP contribution in [0, 0.1) is 0 Å². The average molecular weight is 334 g/mol. The van der Waals surface area contributed by atoms with E-state index in [1.807, 2.05) is 12.1 Å². The van der Waals surface area contributed by atoms with Gasteiger partial charge in [-0.05, 0) is 54.0 Å². The van der Waals surface area contributed by atoms with Crippen molar-refractivity contribution in [3.8, 4) is 0 Å². The first-order valence-electron chi connectivity index (χ1n) is 9.53. The highest BCUT2D eigenvalue weighted by Gasteiger charge is 2.26. The molecule has 0 N–H and O–H groups in total. The van der Waals surface area contributed by atoms with E-state index in [1.165, 1.54) is 43.5 Å². The van der Waals surface area contributed by atoms with Crippen LogP contribution in [-0.4, -0.2) is 34.8 Å². The van der Waals surface area contributed by atoms with Gasteiger partial charge in [-0.15, -0.1) is 0 Å². The first kappa shape index (κ1) is 16.5. The standard InChI is InChI=1S/C22H26N2O/c25-22(15-18-3-2-10-23-16-18)14-17-6-7-19-8-11-24(21-4-1-5-21)12-9-20(19)13-17/h2-3,6-7,10,13,16,21H,1,4-5,8-9,11-12,14-15H2. The molecule has 1 saturated carbocycles. The van der Waals surface area contributed by atoms with Gasteiger partial charge in [0.2, 0.25) is 0 Å². The number of hydrogen-bond acceptors (Lipinski definition) is 3. The molecular weight excluding hydrogens is 308 g/mol. The van der Waals surface area contributed by atoms with Crippen LogP contribution in [0.3, 0.4) is 0 Å². The minimum absolute atomic E-state index is 0.262. The van der Waals surface area contributed by atoms with Gasteiger partial charge in [-0.3, -0.25) is 14.7 Å². The molecule has 0 bridgehead atoms. The molecule has 0 amide bonds. The van der Waals surface area contributed by atoms with E-state index in [0.29, 0.717) is 12.8 Å². The van der Waals surface area contributed by atoms with Crippen molar-refractivity contribution in [3.63, 3.8) is 0 Å². The Hall–Kier alpha value is -2.00. The van der Waals surface area contributed by atoms with Gasteiger partial charge in [0.25, 0.3) is 0 Å². The van der Waals surface area contributed by atoms with Crippen molar-refractivity contribution >= 4 is 5.78 Å². The third-order valence-corrected chi connectivity index (χ3v) is 5.72. The molecule has 0 unspecified atom stereocenters. The van der Waals surface area contributed by atoms with E-state index < -0.39 is 0 Å². The van der Waals surface area contributed by atoms with Gasteiger partial charge < -0.3 is 0 Å². The van der Waals surface area contributed by atoms with Gasteiger partial charge in [-0.2, -0.15) is 0 Å². The Balaban J connectivity index is 1.39. The molecule has 1 aromatic heterocycles. The fourth-order valence-corrected chi connectivity index (χ4v) is 4.04. The van der Waals surface area contributed by atoms with Gasteiger partial charge in [0.15, 0.2) is 0 Å². The molecule has 4 rings (SSSR count). The summed E-state index contributed by atoms with van der Waals surface area (Å²) in [6.07, 6.45) is 10.9. The molecule has 1 fully saturated rings. The van der Waals surface area contributed by atoms with E-state index in [4.69, 9.17) is 0 Å².